The van der Waals surface area contributed by atoms with Gasteiger partial charge in [-0.05, 0) is 50.3 Å². The molecule has 0 bridgehead atoms. The standard InChI is InChI=1S/C18H27ClN2/c1-14-7-5-10-16(19)18(14)21-12-6-11-20-17(13-21)15-8-3-2-4-9-15/h5,7,10,15,17,20H,2-4,6,8-9,11-13H2,1H3. The molecule has 21 heavy (non-hydrogen) atoms. The maximum absolute atomic E-state index is 6.49. The summed E-state index contributed by atoms with van der Waals surface area (Å²) in [5, 5.41) is 4.71. The average molecular weight is 307 g/mol. The summed E-state index contributed by atoms with van der Waals surface area (Å²) in [5.74, 6) is 0.849. The van der Waals surface area contributed by atoms with Crippen molar-refractivity contribution in [1.29, 1.82) is 0 Å². The van der Waals surface area contributed by atoms with Crippen LogP contribution in [0.3, 0.4) is 0 Å². The van der Waals surface area contributed by atoms with Crippen LogP contribution in [0.1, 0.15) is 44.1 Å². The van der Waals surface area contributed by atoms with Gasteiger partial charge in [-0.15, -0.1) is 0 Å². The van der Waals surface area contributed by atoms with Crippen molar-refractivity contribution in [3.05, 3.63) is 28.8 Å². The van der Waals surface area contributed by atoms with Gasteiger partial charge in [0.1, 0.15) is 0 Å². The molecule has 1 saturated heterocycles. The molecular formula is C18H27ClN2. The van der Waals surface area contributed by atoms with Crippen molar-refractivity contribution in [2.45, 2.75) is 51.5 Å². The van der Waals surface area contributed by atoms with E-state index in [0.29, 0.717) is 6.04 Å². The Balaban J connectivity index is 1.78. The summed E-state index contributed by atoms with van der Waals surface area (Å²) < 4.78 is 0. The Bertz CT molecular complexity index is 448. The number of rotatable bonds is 2. The zero-order valence-electron chi connectivity index (χ0n) is 13.1. The van der Waals surface area contributed by atoms with Gasteiger partial charge in [0.15, 0.2) is 0 Å². The second kappa shape index (κ2) is 7.02. The number of nitrogens with zero attached hydrogens (tertiary/aromatic N) is 1. The average Bonchev–Trinajstić information content (AvgIpc) is 2.74. The van der Waals surface area contributed by atoms with Gasteiger partial charge in [0.25, 0.3) is 0 Å². The first-order valence-electron chi connectivity index (χ1n) is 8.49. The third-order valence-electron chi connectivity index (χ3n) is 5.15. The van der Waals surface area contributed by atoms with Gasteiger partial charge in [-0.2, -0.15) is 0 Å². The van der Waals surface area contributed by atoms with Crippen LogP contribution in [0.5, 0.6) is 0 Å². The first-order chi connectivity index (χ1) is 10.3. The van der Waals surface area contributed by atoms with E-state index in [0.717, 1.165) is 30.6 Å². The van der Waals surface area contributed by atoms with Crippen molar-refractivity contribution in [3.8, 4) is 0 Å². The SMILES string of the molecule is Cc1cccc(Cl)c1N1CCCNC(C2CCCCC2)C1. The van der Waals surface area contributed by atoms with Crippen LogP contribution in [0.25, 0.3) is 0 Å². The number of anilines is 1. The molecule has 3 heteroatoms. The van der Waals surface area contributed by atoms with Crippen molar-refractivity contribution in [1.82, 2.24) is 5.32 Å². The van der Waals surface area contributed by atoms with E-state index in [1.54, 1.807) is 0 Å². The second-order valence-electron chi connectivity index (χ2n) is 6.66. The number of benzene rings is 1. The zero-order chi connectivity index (χ0) is 14.7. The van der Waals surface area contributed by atoms with Crippen LogP contribution in [-0.2, 0) is 0 Å². The lowest BCUT2D eigenvalue weighted by atomic mass is 9.83. The van der Waals surface area contributed by atoms with Crippen LogP contribution in [-0.4, -0.2) is 25.7 Å². The molecule has 2 fully saturated rings. The molecule has 0 spiro atoms. The molecule has 1 aromatic rings. The minimum Gasteiger partial charge on any atom is -0.368 e. The molecule has 2 nitrogen and oxygen atoms in total. The smallest absolute Gasteiger partial charge is 0.0642 e. The number of nitrogens with one attached hydrogen (secondary N) is 1. The molecule has 1 heterocycles. The van der Waals surface area contributed by atoms with Crippen LogP contribution in [0, 0.1) is 12.8 Å². The van der Waals surface area contributed by atoms with Crippen molar-refractivity contribution in [2.24, 2.45) is 5.92 Å². The van der Waals surface area contributed by atoms with E-state index in [1.807, 2.05) is 6.07 Å². The van der Waals surface area contributed by atoms with Crippen LogP contribution in [0.4, 0.5) is 5.69 Å². The molecule has 0 aromatic heterocycles. The maximum Gasteiger partial charge on any atom is 0.0642 e. The summed E-state index contributed by atoms with van der Waals surface area (Å²) in [6.07, 6.45) is 8.24. The van der Waals surface area contributed by atoms with E-state index in [2.05, 4.69) is 29.3 Å². The third-order valence-corrected chi connectivity index (χ3v) is 5.46. The summed E-state index contributed by atoms with van der Waals surface area (Å²) in [6, 6.07) is 6.88. The quantitative estimate of drug-likeness (QED) is 0.871. The van der Waals surface area contributed by atoms with Crippen LogP contribution in [0.2, 0.25) is 5.02 Å². The number of hydrogen-bond acceptors (Lipinski definition) is 2. The Kier molecular flexibility index (Phi) is 5.07. The lowest BCUT2D eigenvalue weighted by Gasteiger charge is -2.34. The highest BCUT2D eigenvalue weighted by Gasteiger charge is 2.28. The van der Waals surface area contributed by atoms with Crippen LogP contribution in [0.15, 0.2) is 18.2 Å². The van der Waals surface area contributed by atoms with Crippen LogP contribution >= 0.6 is 11.6 Å². The van der Waals surface area contributed by atoms with E-state index in [1.165, 1.54) is 49.8 Å². The van der Waals surface area contributed by atoms with Gasteiger partial charge < -0.3 is 10.2 Å². The Labute approximate surface area is 133 Å². The summed E-state index contributed by atoms with van der Waals surface area (Å²) in [7, 11) is 0. The fraction of sp³-hybridized carbons (Fsp3) is 0.667. The Morgan fingerprint density at radius 1 is 1.14 bits per heavy atom. The topological polar surface area (TPSA) is 15.3 Å². The van der Waals surface area contributed by atoms with Gasteiger partial charge in [-0.3, -0.25) is 0 Å². The molecule has 116 valence electrons. The highest BCUT2D eigenvalue weighted by molar-refractivity contribution is 6.33. The fourth-order valence-electron chi connectivity index (χ4n) is 4.03. The third kappa shape index (κ3) is 3.54. The number of hydrogen-bond donors (Lipinski definition) is 1. The lowest BCUT2D eigenvalue weighted by Crippen LogP contribution is -2.44. The summed E-state index contributed by atoms with van der Waals surface area (Å²) >= 11 is 6.49. The zero-order valence-corrected chi connectivity index (χ0v) is 13.8. The van der Waals surface area contributed by atoms with E-state index in [9.17, 15) is 0 Å². The van der Waals surface area contributed by atoms with Crippen molar-refractivity contribution in [2.75, 3.05) is 24.5 Å². The molecule has 0 radical (unpaired) electrons. The number of para-hydroxylation sites is 1. The van der Waals surface area contributed by atoms with Gasteiger partial charge >= 0.3 is 0 Å². The van der Waals surface area contributed by atoms with Crippen molar-refractivity contribution in [3.63, 3.8) is 0 Å². The molecule has 1 aliphatic carbocycles. The molecule has 1 N–H and O–H groups in total. The van der Waals surface area contributed by atoms with E-state index >= 15 is 0 Å². The molecule has 1 aromatic carbocycles. The largest absolute Gasteiger partial charge is 0.368 e. The first kappa shape index (κ1) is 15.2. The van der Waals surface area contributed by atoms with Gasteiger partial charge in [0.05, 0.1) is 10.7 Å². The minimum absolute atomic E-state index is 0.628. The summed E-state index contributed by atoms with van der Waals surface area (Å²) in [4.78, 5) is 2.52. The fourth-order valence-corrected chi connectivity index (χ4v) is 4.37. The number of aryl methyl sites for hydroxylation is 1. The van der Waals surface area contributed by atoms with Gasteiger partial charge in [0, 0.05) is 19.1 Å². The predicted octanol–water partition coefficient (Wildman–Crippen LogP) is 4.40. The molecule has 2 aliphatic rings. The summed E-state index contributed by atoms with van der Waals surface area (Å²) in [6.45, 7) is 5.53. The normalized spacial score (nSPS) is 24.9. The highest BCUT2D eigenvalue weighted by Crippen LogP contribution is 2.33. The van der Waals surface area contributed by atoms with Gasteiger partial charge in [-0.25, -0.2) is 0 Å². The summed E-state index contributed by atoms with van der Waals surface area (Å²) in [5.41, 5.74) is 2.55. The number of halogens is 1. The Morgan fingerprint density at radius 3 is 2.71 bits per heavy atom. The maximum atomic E-state index is 6.49. The Morgan fingerprint density at radius 2 is 1.95 bits per heavy atom. The molecule has 1 unspecified atom stereocenters. The van der Waals surface area contributed by atoms with E-state index in [4.69, 9.17) is 11.6 Å². The van der Waals surface area contributed by atoms with Crippen molar-refractivity contribution >= 4 is 17.3 Å². The van der Waals surface area contributed by atoms with Gasteiger partial charge in [-0.1, -0.05) is 43.0 Å². The first-order valence-corrected chi connectivity index (χ1v) is 8.87. The Hall–Kier alpha value is -0.730. The lowest BCUT2D eigenvalue weighted by molar-refractivity contribution is 0.277. The van der Waals surface area contributed by atoms with Gasteiger partial charge in [0.2, 0.25) is 0 Å². The van der Waals surface area contributed by atoms with E-state index in [-0.39, 0.29) is 0 Å². The van der Waals surface area contributed by atoms with Crippen LogP contribution < -0.4 is 10.2 Å². The van der Waals surface area contributed by atoms with Crippen molar-refractivity contribution < 1.29 is 0 Å². The molecule has 3 rings (SSSR count). The highest BCUT2D eigenvalue weighted by atomic mass is 35.5. The monoisotopic (exact) mass is 306 g/mol. The molecule has 1 aliphatic heterocycles. The molecule has 1 saturated carbocycles. The van der Waals surface area contributed by atoms with E-state index < -0.39 is 0 Å². The molecule has 0 amide bonds. The second-order valence-corrected chi connectivity index (χ2v) is 7.07. The molecular weight excluding hydrogens is 280 g/mol. The molecule has 1 atom stereocenters. The minimum atomic E-state index is 0.628. The predicted molar refractivity (Wildman–Crippen MR) is 91.4 cm³/mol.